The third kappa shape index (κ3) is 2.05. The Morgan fingerprint density at radius 3 is 2.39 bits per heavy atom. The van der Waals surface area contributed by atoms with Crippen LogP contribution in [0.25, 0.3) is 0 Å². The van der Waals surface area contributed by atoms with E-state index in [0.29, 0.717) is 0 Å². The Morgan fingerprint density at radius 2 is 1.83 bits per heavy atom. The van der Waals surface area contributed by atoms with Gasteiger partial charge in [0.05, 0.1) is 5.69 Å². The van der Waals surface area contributed by atoms with Crippen LogP contribution in [0.2, 0.25) is 0 Å². The summed E-state index contributed by atoms with van der Waals surface area (Å²) in [5.41, 5.74) is -2.30. The lowest BCUT2D eigenvalue weighted by Crippen LogP contribution is -2.34. The number of carbonyl (C=O) groups is 1. The molecular formula is C11H7FN2O4. The van der Waals surface area contributed by atoms with Crippen molar-refractivity contribution >= 4 is 5.78 Å². The van der Waals surface area contributed by atoms with Gasteiger partial charge in [0.15, 0.2) is 0 Å². The van der Waals surface area contributed by atoms with Gasteiger partial charge < -0.3 is 10.2 Å². The largest absolute Gasteiger partial charge is 0.421 e. The number of halogens is 1. The molecule has 0 aliphatic rings. The summed E-state index contributed by atoms with van der Waals surface area (Å²) < 4.78 is 12.5. The van der Waals surface area contributed by atoms with E-state index in [1.54, 1.807) is 0 Å². The highest BCUT2D eigenvalue weighted by Crippen LogP contribution is 2.06. The molecule has 0 fully saturated rings. The van der Waals surface area contributed by atoms with E-state index >= 15 is 0 Å². The van der Waals surface area contributed by atoms with Crippen LogP contribution >= 0.6 is 0 Å². The van der Waals surface area contributed by atoms with Gasteiger partial charge >= 0.3 is 5.69 Å². The third-order valence-corrected chi connectivity index (χ3v) is 2.26. The van der Waals surface area contributed by atoms with E-state index in [-0.39, 0.29) is 16.0 Å². The van der Waals surface area contributed by atoms with Gasteiger partial charge in [-0.2, -0.15) is 0 Å². The Morgan fingerprint density at radius 1 is 1.22 bits per heavy atom. The Kier molecular flexibility index (Phi) is 2.80. The van der Waals surface area contributed by atoms with Crippen molar-refractivity contribution in [3.8, 4) is 0 Å². The van der Waals surface area contributed by atoms with Crippen LogP contribution in [0.1, 0.15) is 16.1 Å². The van der Waals surface area contributed by atoms with Gasteiger partial charge in [0.25, 0.3) is 5.56 Å². The quantitative estimate of drug-likeness (QED) is 0.586. The van der Waals surface area contributed by atoms with E-state index in [1.807, 2.05) is 4.98 Å². The SMILES string of the molecule is O=C(c1ccc(F)cc1)c1cc(=O)n(O)c(=O)[nH]1. The first-order valence-electron chi connectivity index (χ1n) is 4.85. The monoisotopic (exact) mass is 250 g/mol. The van der Waals surface area contributed by atoms with E-state index in [9.17, 15) is 18.8 Å². The highest BCUT2D eigenvalue weighted by molar-refractivity contribution is 6.07. The maximum Gasteiger partial charge on any atom is 0.362 e. The van der Waals surface area contributed by atoms with Gasteiger partial charge in [-0.05, 0) is 24.3 Å². The zero-order valence-electron chi connectivity index (χ0n) is 8.88. The van der Waals surface area contributed by atoms with E-state index in [2.05, 4.69) is 0 Å². The normalized spacial score (nSPS) is 10.3. The lowest BCUT2D eigenvalue weighted by molar-refractivity contribution is 0.103. The molecule has 92 valence electrons. The van der Waals surface area contributed by atoms with Crippen molar-refractivity contribution < 1.29 is 14.4 Å². The number of hydrogen-bond donors (Lipinski definition) is 2. The fourth-order valence-corrected chi connectivity index (χ4v) is 1.37. The number of benzene rings is 1. The molecule has 0 aliphatic carbocycles. The Labute approximate surface area is 98.9 Å². The summed E-state index contributed by atoms with van der Waals surface area (Å²) in [5, 5.41) is 8.92. The maximum absolute atomic E-state index is 12.7. The van der Waals surface area contributed by atoms with Crippen LogP contribution in [0.4, 0.5) is 4.39 Å². The van der Waals surface area contributed by atoms with Gasteiger partial charge in [-0.15, -0.1) is 0 Å². The number of aromatic amines is 1. The molecule has 0 aliphatic heterocycles. The van der Waals surface area contributed by atoms with Gasteiger partial charge in [0.1, 0.15) is 5.82 Å². The summed E-state index contributed by atoms with van der Waals surface area (Å²) >= 11 is 0. The van der Waals surface area contributed by atoms with Crippen LogP contribution in [-0.2, 0) is 0 Å². The minimum absolute atomic E-state index is 0.113. The predicted molar refractivity (Wildman–Crippen MR) is 58.3 cm³/mol. The summed E-state index contributed by atoms with van der Waals surface area (Å²) in [6, 6.07) is 5.39. The second kappa shape index (κ2) is 4.28. The molecule has 2 aromatic rings. The van der Waals surface area contributed by atoms with Gasteiger partial charge in [0.2, 0.25) is 5.78 Å². The number of aromatic nitrogens is 2. The molecule has 0 bridgehead atoms. The number of rotatable bonds is 2. The molecule has 0 atom stereocenters. The maximum atomic E-state index is 12.7. The molecule has 0 radical (unpaired) electrons. The van der Waals surface area contributed by atoms with Crippen molar-refractivity contribution in [3.05, 3.63) is 68.2 Å². The van der Waals surface area contributed by atoms with Crippen LogP contribution < -0.4 is 11.2 Å². The lowest BCUT2D eigenvalue weighted by atomic mass is 10.1. The number of nitrogens with zero attached hydrogens (tertiary/aromatic N) is 1. The summed E-state index contributed by atoms with van der Waals surface area (Å²) in [7, 11) is 0. The standard InChI is InChI=1S/C11H7FN2O4/c12-7-3-1-6(2-4-7)10(16)8-5-9(15)14(18)11(17)13-8/h1-5,18H,(H,13,17). The number of nitrogens with one attached hydrogen (secondary N) is 1. The molecule has 6 nitrogen and oxygen atoms in total. The lowest BCUT2D eigenvalue weighted by Gasteiger charge is -2.01. The molecule has 1 aromatic carbocycles. The topological polar surface area (TPSA) is 92.2 Å². The molecule has 0 spiro atoms. The molecule has 0 saturated carbocycles. The van der Waals surface area contributed by atoms with Crippen molar-refractivity contribution in [1.29, 1.82) is 0 Å². The highest BCUT2D eigenvalue weighted by Gasteiger charge is 2.12. The molecule has 2 rings (SSSR count). The van der Waals surface area contributed by atoms with E-state index in [1.165, 1.54) is 12.1 Å². The molecule has 0 amide bonds. The van der Waals surface area contributed by atoms with E-state index in [4.69, 9.17) is 5.21 Å². The number of H-pyrrole nitrogens is 1. The van der Waals surface area contributed by atoms with E-state index < -0.39 is 22.8 Å². The second-order valence-electron chi connectivity index (χ2n) is 3.47. The van der Waals surface area contributed by atoms with E-state index in [0.717, 1.165) is 18.2 Å². The minimum Gasteiger partial charge on any atom is -0.421 e. The van der Waals surface area contributed by atoms with Crippen molar-refractivity contribution in [2.75, 3.05) is 0 Å². The molecule has 7 heteroatoms. The first-order chi connectivity index (χ1) is 8.49. The van der Waals surface area contributed by atoms with Gasteiger partial charge in [-0.25, -0.2) is 9.18 Å². The fourth-order valence-electron chi connectivity index (χ4n) is 1.37. The number of carbonyl (C=O) groups excluding carboxylic acids is 1. The van der Waals surface area contributed by atoms with Crippen LogP contribution in [0.5, 0.6) is 0 Å². The van der Waals surface area contributed by atoms with Crippen LogP contribution in [-0.4, -0.2) is 20.7 Å². The highest BCUT2D eigenvalue weighted by atomic mass is 19.1. The summed E-state index contributed by atoms with van der Waals surface area (Å²) in [6.45, 7) is 0. The number of ketones is 1. The summed E-state index contributed by atoms with van der Waals surface area (Å²) in [6.07, 6.45) is 0. The molecular weight excluding hydrogens is 243 g/mol. The second-order valence-corrected chi connectivity index (χ2v) is 3.47. The van der Waals surface area contributed by atoms with Crippen molar-refractivity contribution in [2.45, 2.75) is 0 Å². The van der Waals surface area contributed by atoms with Crippen molar-refractivity contribution in [3.63, 3.8) is 0 Å². The Bertz CT molecular complexity index is 684. The van der Waals surface area contributed by atoms with Gasteiger partial charge in [-0.3, -0.25) is 9.59 Å². The van der Waals surface area contributed by atoms with Crippen molar-refractivity contribution in [2.24, 2.45) is 0 Å². The van der Waals surface area contributed by atoms with Crippen LogP contribution in [0, 0.1) is 5.82 Å². The fraction of sp³-hybridized carbons (Fsp3) is 0. The first-order valence-corrected chi connectivity index (χ1v) is 4.85. The molecule has 2 N–H and O–H groups in total. The zero-order chi connectivity index (χ0) is 13.3. The average molecular weight is 250 g/mol. The third-order valence-electron chi connectivity index (χ3n) is 2.26. The molecule has 18 heavy (non-hydrogen) atoms. The molecule has 1 aromatic heterocycles. The van der Waals surface area contributed by atoms with Gasteiger partial charge in [-0.1, -0.05) is 4.73 Å². The zero-order valence-corrected chi connectivity index (χ0v) is 8.88. The molecule has 0 unspecified atom stereocenters. The van der Waals surface area contributed by atoms with Gasteiger partial charge in [0, 0.05) is 11.6 Å². The average Bonchev–Trinajstić information content (AvgIpc) is 2.35. The first kappa shape index (κ1) is 11.8. The summed E-state index contributed by atoms with van der Waals surface area (Å²) in [5.74, 6) is -1.16. The predicted octanol–water partition coefficient (Wildman–Crippen LogP) is 0.144. The smallest absolute Gasteiger partial charge is 0.362 e. The molecule has 0 saturated heterocycles. The van der Waals surface area contributed by atoms with Crippen molar-refractivity contribution in [1.82, 2.24) is 9.71 Å². The van der Waals surface area contributed by atoms with Crippen LogP contribution in [0.15, 0.2) is 39.9 Å². The summed E-state index contributed by atoms with van der Waals surface area (Å²) in [4.78, 5) is 36.1. The van der Waals surface area contributed by atoms with Crippen LogP contribution in [0.3, 0.4) is 0 Å². The molecule has 1 heterocycles. The Balaban J connectivity index is 2.50. The minimum atomic E-state index is -1.12. The number of hydrogen-bond acceptors (Lipinski definition) is 4. The Hall–Kier alpha value is -2.70.